The van der Waals surface area contributed by atoms with E-state index in [9.17, 15) is 14.4 Å². The van der Waals surface area contributed by atoms with Crippen LogP contribution in [0.15, 0.2) is 65.6 Å². The maximum absolute atomic E-state index is 12.4. The first kappa shape index (κ1) is 16.4. The first-order valence-corrected chi connectivity index (χ1v) is 7.78. The Balaban J connectivity index is 1.71. The van der Waals surface area contributed by atoms with Crippen LogP contribution < -0.4 is 16.2 Å². The molecule has 0 unspecified atom stereocenters. The molecule has 2 aromatic carbocycles. The molecule has 25 heavy (non-hydrogen) atoms. The second-order valence-electron chi connectivity index (χ2n) is 5.64. The average molecular weight is 335 g/mol. The van der Waals surface area contributed by atoms with E-state index in [0.717, 1.165) is 5.39 Å². The Morgan fingerprint density at radius 3 is 2.24 bits per heavy atom. The molecule has 2 amide bonds. The van der Waals surface area contributed by atoms with E-state index >= 15 is 0 Å². The van der Waals surface area contributed by atoms with Crippen molar-refractivity contribution in [2.45, 2.75) is 13.5 Å². The van der Waals surface area contributed by atoms with E-state index in [2.05, 4.69) is 10.6 Å². The van der Waals surface area contributed by atoms with E-state index in [4.69, 9.17) is 0 Å². The Kier molecular flexibility index (Phi) is 4.61. The summed E-state index contributed by atoms with van der Waals surface area (Å²) in [6, 6.07) is 15.8. The predicted molar refractivity (Wildman–Crippen MR) is 97.6 cm³/mol. The van der Waals surface area contributed by atoms with E-state index in [1.807, 2.05) is 18.2 Å². The molecule has 2 N–H and O–H groups in total. The zero-order valence-electron chi connectivity index (χ0n) is 13.7. The second kappa shape index (κ2) is 7.00. The van der Waals surface area contributed by atoms with Gasteiger partial charge in [0.15, 0.2) is 0 Å². The lowest BCUT2D eigenvalue weighted by molar-refractivity contribution is -0.117. The first-order chi connectivity index (χ1) is 12.0. The fourth-order valence-electron chi connectivity index (χ4n) is 2.55. The molecule has 0 atom stereocenters. The Hall–Kier alpha value is -3.41. The molecule has 126 valence electrons. The number of amides is 2. The van der Waals surface area contributed by atoms with Gasteiger partial charge < -0.3 is 15.2 Å². The van der Waals surface area contributed by atoms with Crippen molar-refractivity contribution in [2.24, 2.45) is 0 Å². The monoisotopic (exact) mass is 335 g/mol. The number of aromatic nitrogens is 1. The van der Waals surface area contributed by atoms with Gasteiger partial charge >= 0.3 is 0 Å². The molecule has 1 aromatic heterocycles. The summed E-state index contributed by atoms with van der Waals surface area (Å²) in [6.45, 7) is 1.36. The standard InChI is InChI=1S/C19H17N3O3/c1-13(23)20-15-6-8-16(9-7-15)21-18(24)12-22-11-10-14-4-2-3-5-17(14)19(22)25/h2-11H,12H2,1H3,(H,20,23)(H,21,24). The van der Waals surface area contributed by atoms with Gasteiger partial charge in [-0.2, -0.15) is 0 Å². The number of carbonyl (C=O) groups is 2. The molecule has 0 aliphatic carbocycles. The molecule has 0 spiro atoms. The van der Waals surface area contributed by atoms with Crippen LogP contribution >= 0.6 is 0 Å². The smallest absolute Gasteiger partial charge is 0.258 e. The summed E-state index contributed by atoms with van der Waals surface area (Å²) in [7, 11) is 0. The number of anilines is 2. The molecular weight excluding hydrogens is 318 g/mol. The third-order valence-corrected chi connectivity index (χ3v) is 3.69. The van der Waals surface area contributed by atoms with Crippen molar-refractivity contribution in [3.05, 3.63) is 71.1 Å². The van der Waals surface area contributed by atoms with Crippen LogP contribution in [0.5, 0.6) is 0 Å². The molecule has 6 heteroatoms. The van der Waals surface area contributed by atoms with Gasteiger partial charge in [0.1, 0.15) is 6.54 Å². The van der Waals surface area contributed by atoms with Crippen molar-refractivity contribution in [3.8, 4) is 0 Å². The number of nitrogens with zero attached hydrogens (tertiary/aromatic N) is 1. The number of hydrogen-bond acceptors (Lipinski definition) is 3. The van der Waals surface area contributed by atoms with Crippen molar-refractivity contribution >= 4 is 34.0 Å². The number of rotatable bonds is 4. The van der Waals surface area contributed by atoms with Crippen LogP contribution in [0.4, 0.5) is 11.4 Å². The molecule has 0 aliphatic rings. The molecule has 0 aliphatic heterocycles. The van der Waals surface area contributed by atoms with Gasteiger partial charge in [-0.15, -0.1) is 0 Å². The average Bonchev–Trinajstić information content (AvgIpc) is 2.59. The highest BCUT2D eigenvalue weighted by atomic mass is 16.2. The van der Waals surface area contributed by atoms with Crippen molar-refractivity contribution < 1.29 is 9.59 Å². The second-order valence-corrected chi connectivity index (χ2v) is 5.64. The summed E-state index contributed by atoms with van der Waals surface area (Å²) >= 11 is 0. The van der Waals surface area contributed by atoms with Gasteiger partial charge in [-0.25, -0.2) is 0 Å². The van der Waals surface area contributed by atoms with Crippen LogP contribution in [0.2, 0.25) is 0 Å². The summed E-state index contributed by atoms with van der Waals surface area (Å²) in [4.78, 5) is 35.6. The molecule has 0 radical (unpaired) electrons. The molecular formula is C19H17N3O3. The van der Waals surface area contributed by atoms with Gasteiger partial charge in [-0.05, 0) is 41.8 Å². The summed E-state index contributed by atoms with van der Waals surface area (Å²) in [5.74, 6) is -0.461. The summed E-state index contributed by atoms with van der Waals surface area (Å²) < 4.78 is 1.38. The Morgan fingerprint density at radius 2 is 1.56 bits per heavy atom. The zero-order valence-corrected chi connectivity index (χ0v) is 13.7. The van der Waals surface area contributed by atoms with Crippen LogP contribution in [0.25, 0.3) is 10.8 Å². The molecule has 3 rings (SSSR count). The van der Waals surface area contributed by atoms with Crippen molar-refractivity contribution in [3.63, 3.8) is 0 Å². The lowest BCUT2D eigenvalue weighted by atomic mass is 10.2. The molecule has 0 saturated carbocycles. The molecule has 6 nitrogen and oxygen atoms in total. The van der Waals surface area contributed by atoms with Gasteiger partial charge in [-0.1, -0.05) is 18.2 Å². The van der Waals surface area contributed by atoms with Crippen LogP contribution in [0.3, 0.4) is 0 Å². The number of nitrogens with one attached hydrogen (secondary N) is 2. The Morgan fingerprint density at radius 1 is 0.920 bits per heavy atom. The van der Waals surface area contributed by atoms with E-state index in [1.165, 1.54) is 11.5 Å². The molecule has 1 heterocycles. The number of hydrogen-bond donors (Lipinski definition) is 2. The third-order valence-electron chi connectivity index (χ3n) is 3.69. The fourth-order valence-corrected chi connectivity index (χ4v) is 2.55. The topological polar surface area (TPSA) is 80.2 Å². The third kappa shape index (κ3) is 3.92. The number of fused-ring (bicyclic) bond motifs is 1. The lowest BCUT2D eigenvalue weighted by Crippen LogP contribution is -2.27. The SMILES string of the molecule is CC(=O)Nc1ccc(NC(=O)Cn2ccc3ccccc3c2=O)cc1. The van der Waals surface area contributed by atoms with Crippen LogP contribution in [-0.4, -0.2) is 16.4 Å². The van der Waals surface area contributed by atoms with Crippen molar-refractivity contribution in [1.82, 2.24) is 4.57 Å². The summed E-state index contributed by atoms with van der Waals surface area (Å²) in [5, 5.41) is 6.81. The predicted octanol–water partition coefficient (Wildman–Crippen LogP) is 2.60. The van der Waals surface area contributed by atoms with Crippen LogP contribution in [0.1, 0.15) is 6.92 Å². The number of pyridine rings is 1. The van der Waals surface area contributed by atoms with Crippen molar-refractivity contribution in [2.75, 3.05) is 10.6 Å². The molecule has 0 fully saturated rings. The highest BCUT2D eigenvalue weighted by Gasteiger charge is 2.07. The van der Waals surface area contributed by atoms with Crippen molar-refractivity contribution in [1.29, 1.82) is 0 Å². The number of carbonyl (C=O) groups excluding carboxylic acids is 2. The zero-order chi connectivity index (χ0) is 17.8. The quantitative estimate of drug-likeness (QED) is 0.769. The number of benzene rings is 2. The van der Waals surface area contributed by atoms with Crippen LogP contribution in [-0.2, 0) is 16.1 Å². The summed E-state index contributed by atoms with van der Waals surface area (Å²) in [5.41, 5.74) is 1.04. The maximum Gasteiger partial charge on any atom is 0.258 e. The van der Waals surface area contributed by atoms with Gasteiger partial charge in [0.2, 0.25) is 11.8 Å². The normalized spacial score (nSPS) is 10.4. The highest BCUT2D eigenvalue weighted by molar-refractivity contribution is 5.92. The summed E-state index contributed by atoms with van der Waals surface area (Å²) in [6.07, 6.45) is 1.62. The minimum Gasteiger partial charge on any atom is -0.326 e. The van der Waals surface area contributed by atoms with E-state index in [-0.39, 0.29) is 23.9 Å². The first-order valence-electron chi connectivity index (χ1n) is 7.78. The van der Waals surface area contributed by atoms with Crippen LogP contribution in [0, 0.1) is 0 Å². The fraction of sp³-hybridized carbons (Fsp3) is 0.105. The van der Waals surface area contributed by atoms with Gasteiger partial charge in [-0.3, -0.25) is 14.4 Å². The maximum atomic E-state index is 12.4. The minimum atomic E-state index is -0.301. The van der Waals surface area contributed by atoms with E-state index in [1.54, 1.807) is 42.6 Å². The highest BCUT2D eigenvalue weighted by Crippen LogP contribution is 2.13. The van der Waals surface area contributed by atoms with E-state index < -0.39 is 0 Å². The van der Waals surface area contributed by atoms with Gasteiger partial charge in [0, 0.05) is 29.9 Å². The Labute approximate surface area is 144 Å². The molecule has 0 bridgehead atoms. The molecule has 3 aromatic rings. The van der Waals surface area contributed by atoms with E-state index in [0.29, 0.717) is 16.8 Å². The largest absolute Gasteiger partial charge is 0.326 e. The van der Waals surface area contributed by atoms with Gasteiger partial charge in [0.05, 0.1) is 0 Å². The van der Waals surface area contributed by atoms with Gasteiger partial charge in [0.25, 0.3) is 5.56 Å². The molecule has 0 saturated heterocycles. The Bertz CT molecular complexity index is 991. The minimum absolute atomic E-state index is 0.0723. The lowest BCUT2D eigenvalue weighted by Gasteiger charge is -2.09.